The van der Waals surface area contributed by atoms with E-state index >= 15 is 0 Å². The maximum absolute atomic E-state index is 10.2. The Kier molecular flexibility index (Phi) is 4.40. The fourth-order valence-corrected chi connectivity index (χ4v) is 0.251. The summed E-state index contributed by atoms with van der Waals surface area (Å²) in [7, 11) is 0. The monoisotopic (exact) mass is 128 g/mol. The lowest BCUT2D eigenvalue weighted by Crippen LogP contribution is -1.92. The second-order valence-corrected chi connectivity index (χ2v) is 1.28. The van der Waals surface area contributed by atoms with Crippen molar-refractivity contribution >= 4 is 12.1 Å². The van der Waals surface area contributed by atoms with Crippen molar-refractivity contribution in [1.82, 2.24) is 0 Å². The number of carbonyl (C=O) groups is 2. The fraction of sp³-hybridized carbons (Fsp3) is 0.333. The van der Waals surface area contributed by atoms with Gasteiger partial charge in [-0.1, -0.05) is 0 Å². The lowest BCUT2D eigenvalue weighted by Gasteiger charge is -1.87. The standard InChI is InChI=1S/C6H8O3/c1-2-9-4-3-6(8)5-7/h3-5H,2H2,1H3. The van der Waals surface area contributed by atoms with Crippen molar-refractivity contribution in [1.29, 1.82) is 0 Å². The van der Waals surface area contributed by atoms with Crippen LogP contribution in [0.4, 0.5) is 0 Å². The molecule has 0 radical (unpaired) electrons. The first kappa shape index (κ1) is 7.88. The predicted molar refractivity (Wildman–Crippen MR) is 31.8 cm³/mol. The second-order valence-electron chi connectivity index (χ2n) is 1.28. The van der Waals surface area contributed by atoms with Gasteiger partial charge in [0.1, 0.15) is 0 Å². The Morgan fingerprint density at radius 3 is 2.78 bits per heavy atom. The third kappa shape index (κ3) is 4.74. The molecule has 0 aromatic rings. The molecular formula is C6H8O3. The summed E-state index contributed by atoms with van der Waals surface area (Å²) in [5.41, 5.74) is 0. The Labute approximate surface area is 53.3 Å². The van der Waals surface area contributed by atoms with Gasteiger partial charge < -0.3 is 4.74 Å². The van der Waals surface area contributed by atoms with Crippen LogP contribution in [0.15, 0.2) is 12.3 Å². The van der Waals surface area contributed by atoms with Gasteiger partial charge in [0.25, 0.3) is 0 Å². The first-order valence-corrected chi connectivity index (χ1v) is 2.58. The van der Waals surface area contributed by atoms with E-state index in [1.165, 1.54) is 6.26 Å². The quantitative estimate of drug-likeness (QED) is 0.237. The largest absolute Gasteiger partial charge is 0.501 e. The number of rotatable bonds is 4. The topological polar surface area (TPSA) is 43.4 Å². The van der Waals surface area contributed by atoms with Crippen molar-refractivity contribution in [3.05, 3.63) is 12.3 Å². The number of allylic oxidation sites excluding steroid dienone is 1. The van der Waals surface area contributed by atoms with Gasteiger partial charge in [-0.25, -0.2) is 0 Å². The molecule has 0 bridgehead atoms. The van der Waals surface area contributed by atoms with Crippen LogP contribution in [0.3, 0.4) is 0 Å². The SMILES string of the molecule is CCOC=CC(=O)C=O. The van der Waals surface area contributed by atoms with E-state index in [-0.39, 0.29) is 6.29 Å². The van der Waals surface area contributed by atoms with E-state index < -0.39 is 5.78 Å². The molecule has 0 amide bonds. The van der Waals surface area contributed by atoms with Gasteiger partial charge in [-0.3, -0.25) is 9.59 Å². The van der Waals surface area contributed by atoms with Gasteiger partial charge in [0, 0.05) is 6.08 Å². The Morgan fingerprint density at radius 1 is 1.67 bits per heavy atom. The highest BCUT2D eigenvalue weighted by Crippen LogP contribution is 1.75. The highest BCUT2D eigenvalue weighted by molar-refractivity contribution is 6.30. The van der Waals surface area contributed by atoms with Gasteiger partial charge in [-0.2, -0.15) is 0 Å². The molecule has 0 saturated carbocycles. The first-order chi connectivity index (χ1) is 4.31. The Morgan fingerprint density at radius 2 is 2.33 bits per heavy atom. The molecule has 0 N–H and O–H groups in total. The van der Waals surface area contributed by atoms with Crippen LogP contribution >= 0.6 is 0 Å². The third-order valence-electron chi connectivity index (χ3n) is 0.611. The normalized spacial score (nSPS) is 9.44. The third-order valence-corrected chi connectivity index (χ3v) is 0.611. The molecule has 0 atom stereocenters. The molecule has 0 rings (SSSR count). The minimum absolute atomic E-state index is 0.232. The van der Waals surface area contributed by atoms with Gasteiger partial charge in [0.05, 0.1) is 12.9 Å². The predicted octanol–water partition coefficient (Wildman–Crippen LogP) is 0.305. The molecule has 0 saturated heterocycles. The number of ether oxygens (including phenoxy) is 1. The summed E-state index contributed by atoms with van der Waals surface area (Å²) in [4.78, 5) is 19.8. The second kappa shape index (κ2) is 5.03. The van der Waals surface area contributed by atoms with Crippen molar-refractivity contribution in [2.24, 2.45) is 0 Å². The average Bonchev–Trinajstić information content (AvgIpc) is 1.89. The summed E-state index contributed by atoms with van der Waals surface area (Å²) < 4.78 is 4.65. The zero-order valence-corrected chi connectivity index (χ0v) is 5.16. The minimum atomic E-state index is -0.580. The summed E-state index contributed by atoms with van der Waals surface area (Å²) >= 11 is 0. The summed E-state index contributed by atoms with van der Waals surface area (Å²) in [6.45, 7) is 2.29. The van der Waals surface area contributed by atoms with E-state index in [9.17, 15) is 9.59 Å². The van der Waals surface area contributed by atoms with Gasteiger partial charge in [-0.05, 0) is 6.92 Å². The van der Waals surface area contributed by atoms with E-state index in [2.05, 4.69) is 4.74 Å². The van der Waals surface area contributed by atoms with Crippen molar-refractivity contribution in [3.8, 4) is 0 Å². The van der Waals surface area contributed by atoms with Crippen LogP contribution in [0.1, 0.15) is 6.92 Å². The minimum Gasteiger partial charge on any atom is -0.501 e. The summed E-state index contributed by atoms with van der Waals surface area (Å²) in [5, 5.41) is 0. The number of hydrogen-bond acceptors (Lipinski definition) is 3. The molecule has 0 heterocycles. The molecule has 3 heteroatoms. The van der Waals surface area contributed by atoms with E-state index in [1.807, 2.05) is 0 Å². The fourth-order valence-electron chi connectivity index (χ4n) is 0.251. The number of ketones is 1. The molecule has 0 aliphatic rings. The summed E-state index contributed by atoms with van der Waals surface area (Å²) in [5.74, 6) is -0.580. The molecule has 0 fully saturated rings. The Balaban J connectivity index is 3.44. The maximum atomic E-state index is 10.2. The smallest absolute Gasteiger partial charge is 0.221 e. The van der Waals surface area contributed by atoms with Crippen molar-refractivity contribution < 1.29 is 14.3 Å². The van der Waals surface area contributed by atoms with Crippen LogP contribution in [0.25, 0.3) is 0 Å². The average molecular weight is 128 g/mol. The van der Waals surface area contributed by atoms with Gasteiger partial charge in [-0.15, -0.1) is 0 Å². The number of aldehydes is 1. The van der Waals surface area contributed by atoms with Crippen molar-refractivity contribution in [2.45, 2.75) is 6.92 Å². The van der Waals surface area contributed by atoms with E-state index in [1.54, 1.807) is 6.92 Å². The maximum Gasteiger partial charge on any atom is 0.221 e. The van der Waals surface area contributed by atoms with Crippen LogP contribution in [-0.4, -0.2) is 18.7 Å². The molecule has 0 unspecified atom stereocenters. The van der Waals surface area contributed by atoms with E-state index in [0.717, 1.165) is 6.08 Å². The zero-order chi connectivity index (χ0) is 7.11. The molecule has 9 heavy (non-hydrogen) atoms. The summed E-state index contributed by atoms with van der Waals surface area (Å²) in [6.07, 6.45) is 2.52. The first-order valence-electron chi connectivity index (χ1n) is 2.58. The molecule has 0 aliphatic carbocycles. The Bertz CT molecular complexity index is 126. The lowest BCUT2D eigenvalue weighted by atomic mass is 10.4. The van der Waals surface area contributed by atoms with Crippen molar-refractivity contribution in [2.75, 3.05) is 6.61 Å². The number of hydrogen-bond donors (Lipinski definition) is 0. The van der Waals surface area contributed by atoms with E-state index in [4.69, 9.17) is 0 Å². The molecular weight excluding hydrogens is 120 g/mol. The van der Waals surface area contributed by atoms with Crippen LogP contribution in [-0.2, 0) is 14.3 Å². The molecule has 3 nitrogen and oxygen atoms in total. The van der Waals surface area contributed by atoms with Crippen LogP contribution < -0.4 is 0 Å². The van der Waals surface area contributed by atoms with Crippen LogP contribution in [0.2, 0.25) is 0 Å². The van der Waals surface area contributed by atoms with Crippen LogP contribution in [0, 0.1) is 0 Å². The molecule has 0 aliphatic heterocycles. The molecule has 50 valence electrons. The Hall–Kier alpha value is -1.12. The summed E-state index contributed by atoms with van der Waals surface area (Å²) in [6, 6.07) is 0. The van der Waals surface area contributed by atoms with Crippen molar-refractivity contribution in [3.63, 3.8) is 0 Å². The van der Waals surface area contributed by atoms with Gasteiger partial charge in [0.15, 0.2) is 6.29 Å². The highest BCUT2D eigenvalue weighted by Gasteiger charge is 1.87. The van der Waals surface area contributed by atoms with Gasteiger partial charge >= 0.3 is 0 Å². The lowest BCUT2D eigenvalue weighted by molar-refractivity contribution is -0.126. The molecule has 0 aromatic heterocycles. The van der Waals surface area contributed by atoms with Crippen LogP contribution in [0.5, 0.6) is 0 Å². The van der Waals surface area contributed by atoms with Gasteiger partial charge in [0.2, 0.25) is 5.78 Å². The molecule has 0 aromatic carbocycles. The number of carbonyl (C=O) groups excluding carboxylic acids is 2. The molecule has 0 spiro atoms. The highest BCUT2D eigenvalue weighted by atomic mass is 16.5. The zero-order valence-electron chi connectivity index (χ0n) is 5.16. The van der Waals surface area contributed by atoms with E-state index in [0.29, 0.717) is 6.61 Å².